The van der Waals surface area contributed by atoms with Gasteiger partial charge >= 0.3 is 0 Å². The Kier molecular flexibility index (Phi) is 5.00. The molecule has 0 radical (unpaired) electrons. The van der Waals surface area contributed by atoms with E-state index in [1.807, 2.05) is 31.2 Å². The number of alkyl halides is 2. The predicted molar refractivity (Wildman–Crippen MR) is 107 cm³/mol. The van der Waals surface area contributed by atoms with Gasteiger partial charge in [0.2, 0.25) is 0 Å². The van der Waals surface area contributed by atoms with Crippen molar-refractivity contribution in [3.05, 3.63) is 59.7 Å². The Bertz CT molecular complexity index is 1130. The van der Waals surface area contributed by atoms with Gasteiger partial charge in [0.25, 0.3) is 12.3 Å². The molecule has 4 aromatic rings. The number of aromatic nitrogens is 4. The van der Waals surface area contributed by atoms with Gasteiger partial charge in [-0.05, 0) is 36.2 Å². The minimum absolute atomic E-state index is 0.140. The summed E-state index contributed by atoms with van der Waals surface area (Å²) in [5, 5.41) is 3.04. The van der Waals surface area contributed by atoms with Crippen molar-refractivity contribution in [3.8, 4) is 0 Å². The molecule has 2 aromatic carbocycles. The van der Waals surface area contributed by atoms with Crippen molar-refractivity contribution in [2.24, 2.45) is 5.92 Å². The summed E-state index contributed by atoms with van der Waals surface area (Å²) in [6.45, 7) is 4.10. The van der Waals surface area contributed by atoms with Gasteiger partial charge < -0.3 is 15.3 Å². The average Bonchev–Trinajstić information content (AvgIpc) is 3.34. The molecule has 0 bridgehead atoms. The van der Waals surface area contributed by atoms with E-state index in [9.17, 15) is 13.6 Å². The first kappa shape index (κ1) is 19.0. The third-order valence-electron chi connectivity index (χ3n) is 5.17. The second-order valence-corrected chi connectivity index (χ2v) is 7.13. The Balaban J connectivity index is 1.63. The highest BCUT2D eigenvalue weighted by Crippen LogP contribution is 2.26. The SMILES string of the molecule is CCC(C)C(NC(=O)c1ccc2nc(C(F)F)[nH]c2c1)c1nc2ccccc2[nH]1. The Morgan fingerprint density at radius 2 is 1.72 bits per heavy atom. The molecule has 1 amide bonds. The molecule has 2 unspecified atom stereocenters. The number of H-pyrrole nitrogens is 2. The van der Waals surface area contributed by atoms with Gasteiger partial charge in [-0.1, -0.05) is 32.4 Å². The number of amides is 1. The number of nitrogens with one attached hydrogen (secondary N) is 3. The fourth-order valence-corrected chi connectivity index (χ4v) is 3.33. The van der Waals surface area contributed by atoms with Crippen molar-refractivity contribution in [1.82, 2.24) is 25.3 Å². The van der Waals surface area contributed by atoms with Crippen LogP contribution in [0.25, 0.3) is 22.1 Å². The van der Waals surface area contributed by atoms with Crippen molar-refractivity contribution in [3.63, 3.8) is 0 Å². The summed E-state index contributed by atoms with van der Waals surface area (Å²) >= 11 is 0. The maximum atomic E-state index is 12.9. The highest BCUT2D eigenvalue weighted by Gasteiger charge is 2.24. The van der Waals surface area contributed by atoms with Gasteiger partial charge in [0.1, 0.15) is 5.82 Å². The van der Waals surface area contributed by atoms with Crippen LogP contribution in [-0.2, 0) is 0 Å². The van der Waals surface area contributed by atoms with E-state index in [1.54, 1.807) is 12.1 Å². The van der Waals surface area contributed by atoms with Gasteiger partial charge in [-0.15, -0.1) is 0 Å². The number of aromatic amines is 2. The Morgan fingerprint density at radius 3 is 2.45 bits per heavy atom. The molecule has 6 nitrogen and oxygen atoms in total. The summed E-state index contributed by atoms with van der Waals surface area (Å²) in [5.41, 5.74) is 2.91. The van der Waals surface area contributed by atoms with Crippen LogP contribution in [-0.4, -0.2) is 25.8 Å². The predicted octanol–water partition coefficient (Wildman–Crippen LogP) is 4.89. The summed E-state index contributed by atoms with van der Waals surface area (Å²) < 4.78 is 25.7. The average molecular weight is 397 g/mol. The third kappa shape index (κ3) is 3.70. The zero-order valence-electron chi connectivity index (χ0n) is 16.0. The van der Waals surface area contributed by atoms with E-state index < -0.39 is 12.2 Å². The van der Waals surface area contributed by atoms with Gasteiger partial charge in [-0.3, -0.25) is 4.79 Å². The molecule has 4 rings (SSSR count). The first-order chi connectivity index (χ1) is 14.0. The lowest BCUT2D eigenvalue weighted by molar-refractivity contribution is 0.0920. The summed E-state index contributed by atoms with van der Waals surface area (Å²) in [6.07, 6.45) is -1.85. The van der Waals surface area contributed by atoms with Crippen LogP contribution in [0.4, 0.5) is 8.78 Å². The van der Waals surface area contributed by atoms with E-state index in [-0.39, 0.29) is 17.9 Å². The largest absolute Gasteiger partial charge is 0.342 e. The van der Waals surface area contributed by atoms with Crippen LogP contribution in [0, 0.1) is 5.92 Å². The van der Waals surface area contributed by atoms with Crippen molar-refractivity contribution < 1.29 is 13.6 Å². The molecular weight excluding hydrogens is 376 g/mol. The maximum Gasteiger partial charge on any atom is 0.295 e. The minimum Gasteiger partial charge on any atom is -0.342 e. The molecule has 0 fully saturated rings. The number of carbonyl (C=O) groups is 1. The molecule has 29 heavy (non-hydrogen) atoms. The van der Waals surface area contributed by atoms with E-state index in [4.69, 9.17) is 0 Å². The lowest BCUT2D eigenvalue weighted by Gasteiger charge is -2.22. The van der Waals surface area contributed by atoms with Crippen LogP contribution in [0.15, 0.2) is 42.5 Å². The van der Waals surface area contributed by atoms with Crippen LogP contribution in [0.1, 0.15) is 54.7 Å². The topological polar surface area (TPSA) is 86.5 Å². The van der Waals surface area contributed by atoms with Crippen LogP contribution in [0.3, 0.4) is 0 Å². The second-order valence-electron chi connectivity index (χ2n) is 7.13. The van der Waals surface area contributed by atoms with Crippen LogP contribution in [0.5, 0.6) is 0 Å². The maximum absolute atomic E-state index is 12.9. The van der Waals surface area contributed by atoms with Gasteiger partial charge in [0.15, 0.2) is 5.82 Å². The molecule has 0 aliphatic carbocycles. The van der Waals surface area contributed by atoms with E-state index in [0.29, 0.717) is 22.4 Å². The lowest BCUT2D eigenvalue weighted by atomic mass is 9.98. The second kappa shape index (κ2) is 7.62. The van der Waals surface area contributed by atoms with Crippen molar-refractivity contribution in [1.29, 1.82) is 0 Å². The molecule has 0 aliphatic rings. The number of halogens is 2. The van der Waals surface area contributed by atoms with Gasteiger partial charge in [0, 0.05) is 5.56 Å². The summed E-state index contributed by atoms with van der Waals surface area (Å²) in [5.74, 6) is 0.125. The number of imidazole rings is 2. The van der Waals surface area contributed by atoms with Crippen LogP contribution in [0.2, 0.25) is 0 Å². The molecule has 3 N–H and O–H groups in total. The van der Waals surface area contributed by atoms with Gasteiger partial charge in [-0.2, -0.15) is 0 Å². The third-order valence-corrected chi connectivity index (χ3v) is 5.17. The smallest absolute Gasteiger partial charge is 0.295 e. The molecule has 0 saturated carbocycles. The van der Waals surface area contributed by atoms with E-state index in [1.165, 1.54) is 6.07 Å². The number of para-hydroxylation sites is 2. The van der Waals surface area contributed by atoms with Crippen molar-refractivity contribution in [2.45, 2.75) is 32.7 Å². The number of fused-ring (bicyclic) bond motifs is 2. The Labute approximate surface area is 165 Å². The number of carbonyl (C=O) groups excluding carboxylic acids is 1. The van der Waals surface area contributed by atoms with E-state index in [0.717, 1.165) is 17.5 Å². The first-order valence-corrected chi connectivity index (χ1v) is 9.49. The molecule has 150 valence electrons. The number of benzene rings is 2. The Hall–Kier alpha value is -3.29. The van der Waals surface area contributed by atoms with Gasteiger partial charge in [-0.25, -0.2) is 18.7 Å². The first-order valence-electron chi connectivity index (χ1n) is 9.49. The molecule has 8 heteroatoms. The normalized spacial score (nSPS) is 13.8. The highest BCUT2D eigenvalue weighted by atomic mass is 19.3. The zero-order valence-corrected chi connectivity index (χ0v) is 16.0. The number of hydrogen-bond donors (Lipinski definition) is 3. The Morgan fingerprint density at radius 1 is 1.03 bits per heavy atom. The van der Waals surface area contributed by atoms with E-state index in [2.05, 4.69) is 32.2 Å². The molecular formula is C21H21F2N5O. The van der Waals surface area contributed by atoms with Crippen LogP contribution < -0.4 is 5.32 Å². The fourth-order valence-electron chi connectivity index (χ4n) is 3.33. The lowest BCUT2D eigenvalue weighted by Crippen LogP contribution is -2.33. The minimum atomic E-state index is -2.69. The standard InChI is InChI=1S/C21H21F2N5O/c1-3-11(2)17(19-24-13-6-4-5-7-14(13)25-19)28-21(29)12-8-9-15-16(10-12)27-20(26-15)18(22)23/h4-11,17-18H,3H2,1-2H3,(H,24,25)(H,26,27)(H,28,29). The van der Waals surface area contributed by atoms with Crippen molar-refractivity contribution >= 4 is 28.0 Å². The summed E-state index contributed by atoms with van der Waals surface area (Å²) in [6, 6.07) is 12.1. The highest BCUT2D eigenvalue weighted by molar-refractivity contribution is 5.97. The van der Waals surface area contributed by atoms with Gasteiger partial charge in [0.05, 0.1) is 28.1 Å². The number of hydrogen-bond acceptors (Lipinski definition) is 3. The molecule has 0 saturated heterocycles. The summed E-state index contributed by atoms with van der Waals surface area (Å²) in [7, 11) is 0. The molecule has 0 aliphatic heterocycles. The van der Waals surface area contributed by atoms with Crippen molar-refractivity contribution in [2.75, 3.05) is 0 Å². The van der Waals surface area contributed by atoms with E-state index >= 15 is 0 Å². The molecule has 2 aromatic heterocycles. The zero-order chi connectivity index (χ0) is 20.5. The monoisotopic (exact) mass is 397 g/mol. The number of nitrogens with zero attached hydrogens (tertiary/aromatic N) is 2. The molecule has 2 atom stereocenters. The quantitative estimate of drug-likeness (QED) is 0.433. The summed E-state index contributed by atoms with van der Waals surface area (Å²) in [4.78, 5) is 27.2. The molecule has 0 spiro atoms. The molecule has 2 heterocycles. The number of rotatable bonds is 6. The fraction of sp³-hybridized carbons (Fsp3) is 0.286. The van der Waals surface area contributed by atoms with Crippen LogP contribution >= 0.6 is 0 Å².